The minimum Gasteiger partial charge on any atom is -0.478 e. The van der Waals surface area contributed by atoms with E-state index in [9.17, 15) is 14.0 Å². The standard InChI is InChI=1S/C13H12FN3O3/c14-11-3-1-9(2-4-11)5-15-12(18)8-17-7-10(6-16-17)13(19)20/h1-4,6-7H,5,8H2,(H,15,18)(H,19,20). The van der Waals surface area contributed by atoms with Crippen molar-refractivity contribution < 1.29 is 19.1 Å². The van der Waals surface area contributed by atoms with Crippen molar-refractivity contribution in [1.29, 1.82) is 0 Å². The van der Waals surface area contributed by atoms with Gasteiger partial charge in [-0.2, -0.15) is 5.10 Å². The van der Waals surface area contributed by atoms with Crippen LogP contribution in [0.25, 0.3) is 0 Å². The number of nitrogens with zero attached hydrogens (tertiary/aromatic N) is 2. The Balaban J connectivity index is 1.85. The van der Waals surface area contributed by atoms with Crippen LogP contribution in [0, 0.1) is 5.82 Å². The number of carboxylic acid groups (broad SMARTS) is 1. The van der Waals surface area contributed by atoms with Gasteiger partial charge in [0.25, 0.3) is 0 Å². The minimum atomic E-state index is -1.09. The highest BCUT2D eigenvalue weighted by Crippen LogP contribution is 2.02. The lowest BCUT2D eigenvalue weighted by Gasteiger charge is -2.05. The summed E-state index contributed by atoms with van der Waals surface area (Å²) in [5.74, 6) is -1.74. The molecule has 1 aromatic heterocycles. The number of amides is 1. The van der Waals surface area contributed by atoms with Crippen molar-refractivity contribution in [2.45, 2.75) is 13.1 Å². The van der Waals surface area contributed by atoms with Crippen LogP contribution in [0.4, 0.5) is 4.39 Å². The smallest absolute Gasteiger partial charge is 0.338 e. The molecule has 1 heterocycles. The summed E-state index contributed by atoms with van der Waals surface area (Å²) in [5.41, 5.74) is 0.794. The summed E-state index contributed by atoms with van der Waals surface area (Å²) in [4.78, 5) is 22.3. The number of aromatic carboxylic acids is 1. The highest BCUT2D eigenvalue weighted by Gasteiger charge is 2.08. The van der Waals surface area contributed by atoms with E-state index in [1.807, 2.05) is 0 Å². The second-order valence-electron chi connectivity index (χ2n) is 4.13. The van der Waals surface area contributed by atoms with Gasteiger partial charge >= 0.3 is 5.97 Å². The third kappa shape index (κ3) is 3.64. The Morgan fingerprint density at radius 3 is 2.60 bits per heavy atom. The van der Waals surface area contributed by atoms with Gasteiger partial charge in [0.05, 0.1) is 11.8 Å². The van der Waals surface area contributed by atoms with Crippen LogP contribution in [0.3, 0.4) is 0 Å². The molecule has 1 aromatic carbocycles. The Morgan fingerprint density at radius 1 is 1.30 bits per heavy atom. The number of carbonyl (C=O) groups is 2. The first kappa shape index (κ1) is 13.7. The summed E-state index contributed by atoms with van der Waals surface area (Å²) in [7, 11) is 0. The van der Waals surface area contributed by atoms with Gasteiger partial charge in [-0.05, 0) is 17.7 Å². The minimum absolute atomic E-state index is 0.0244. The zero-order valence-electron chi connectivity index (χ0n) is 10.4. The molecule has 104 valence electrons. The molecule has 0 aliphatic carbocycles. The van der Waals surface area contributed by atoms with Crippen molar-refractivity contribution in [3.05, 3.63) is 53.6 Å². The van der Waals surface area contributed by atoms with E-state index in [4.69, 9.17) is 5.11 Å². The molecule has 0 aliphatic rings. The maximum atomic E-state index is 12.7. The van der Waals surface area contributed by atoms with E-state index >= 15 is 0 Å². The van der Waals surface area contributed by atoms with Gasteiger partial charge in [0, 0.05) is 12.7 Å². The highest BCUT2D eigenvalue weighted by atomic mass is 19.1. The van der Waals surface area contributed by atoms with Crippen LogP contribution in [0.15, 0.2) is 36.7 Å². The zero-order valence-corrected chi connectivity index (χ0v) is 10.4. The largest absolute Gasteiger partial charge is 0.478 e. The number of carbonyl (C=O) groups excluding carboxylic acids is 1. The average Bonchev–Trinajstić information content (AvgIpc) is 2.87. The van der Waals surface area contributed by atoms with Crippen LogP contribution in [-0.2, 0) is 17.9 Å². The molecular weight excluding hydrogens is 265 g/mol. The molecule has 0 bridgehead atoms. The van der Waals surface area contributed by atoms with Crippen molar-refractivity contribution in [3.63, 3.8) is 0 Å². The van der Waals surface area contributed by atoms with E-state index in [0.29, 0.717) is 0 Å². The Bertz CT molecular complexity index is 622. The average molecular weight is 277 g/mol. The summed E-state index contributed by atoms with van der Waals surface area (Å²) in [6, 6.07) is 5.78. The maximum absolute atomic E-state index is 12.7. The normalized spacial score (nSPS) is 10.2. The molecule has 7 heteroatoms. The maximum Gasteiger partial charge on any atom is 0.338 e. The van der Waals surface area contributed by atoms with Crippen LogP contribution in [0.1, 0.15) is 15.9 Å². The topological polar surface area (TPSA) is 84.2 Å². The van der Waals surface area contributed by atoms with Crippen LogP contribution in [0.2, 0.25) is 0 Å². The molecule has 0 fully saturated rings. The Kier molecular flexibility index (Phi) is 4.09. The third-order valence-corrected chi connectivity index (χ3v) is 2.59. The van der Waals surface area contributed by atoms with E-state index in [1.165, 1.54) is 29.2 Å². The van der Waals surface area contributed by atoms with Crippen LogP contribution < -0.4 is 5.32 Å². The molecular formula is C13H12FN3O3. The number of halogens is 1. The molecule has 0 spiro atoms. The van der Waals surface area contributed by atoms with Gasteiger partial charge in [-0.3, -0.25) is 9.48 Å². The molecule has 0 radical (unpaired) electrons. The summed E-state index contributed by atoms with van der Waals surface area (Å²) in [5, 5.41) is 15.1. The molecule has 6 nitrogen and oxygen atoms in total. The summed E-state index contributed by atoms with van der Waals surface area (Å²) >= 11 is 0. The van der Waals surface area contributed by atoms with Gasteiger partial charge in [0.15, 0.2) is 0 Å². The first-order valence-corrected chi connectivity index (χ1v) is 5.81. The fourth-order valence-electron chi connectivity index (χ4n) is 1.57. The van der Waals surface area contributed by atoms with Crippen molar-refractivity contribution in [2.24, 2.45) is 0 Å². The molecule has 0 unspecified atom stereocenters. The van der Waals surface area contributed by atoms with E-state index < -0.39 is 5.97 Å². The number of aromatic nitrogens is 2. The second kappa shape index (κ2) is 5.96. The molecule has 0 saturated carbocycles. The zero-order chi connectivity index (χ0) is 14.5. The Hall–Kier alpha value is -2.70. The predicted octanol–water partition coefficient (Wildman–Crippen LogP) is 1.04. The fraction of sp³-hybridized carbons (Fsp3) is 0.154. The van der Waals surface area contributed by atoms with Gasteiger partial charge in [-0.15, -0.1) is 0 Å². The molecule has 2 aromatic rings. The van der Waals surface area contributed by atoms with E-state index in [2.05, 4.69) is 10.4 Å². The molecule has 20 heavy (non-hydrogen) atoms. The number of rotatable bonds is 5. The lowest BCUT2D eigenvalue weighted by molar-refractivity contribution is -0.122. The number of hydrogen-bond donors (Lipinski definition) is 2. The molecule has 0 aliphatic heterocycles. The van der Waals surface area contributed by atoms with Gasteiger partial charge in [-0.25, -0.2) is 9.18 Å². The van der Waals surface area contributed by atoms with Crippen molar-refractivity contribution in [2.75, 3.05) is 0 Å². The number of benzene rings is 1. The lowest BCUT2D eigenvalue weighted by Crippen LogP contribution is -2.27. The molecule has 2 rings (SSSR count). The van der Waals surface area contributed by atoms with E-state index in [1.54, 1.807) is 12.1 Å². The van der Waals surface area contributed by atoms with E-state index in [-0.39, 0.29) is 30.4 Å². The van der Waals surface area contributed by atoms with Crippen LogP contribution in [-0.4, -0.2) is 26.8 Å². The number of nitrogens with one attached hydrogen (secondary N) is 1. The van der Waals surface area contributed by atoms with Crippen molar-refractivity contribution in [1.82, 2.24) is 15.1 Å². The van der Waals surface area contributed by atoms with Gasteiger partial charge in [-0.1, -0.05) is 12.1 Å². The summed E-state index contributed by atoms with van der Waals surface area (Å²) in [6.45, 7) is 0.195. The first-order valence-electron chi connectivity index (χ1n) is 5.81. The molecule has 1 amide bonds. The van der Waals surface area contributed by atoms with Gasteiger partial charge in [0.2, 0.25) is 5.91 Å². The Labute approximate surface area is 113 Å². The fourth-order valence-corrected chi connectivity index (χ4v) is 1.57. The summed E-state index contributed by atoms with van der Waals surface area (Å²) < 4.78 is 13.9. The number of hydrogen-bond acceptors (Lipinski definition) is 3. The highest BCUT2D eigenvalue weighted by molar-refractivity contribution is 5.87. The molecule has 2 N–H and O–H groups in total. The summed E-state index contributed by atoms with van der Waals surface area (Å²) in [6.07, 6.45) is 2.45. The van der Waals surface area contributed by atoms with Crippen LogP contribution in [0.5, 0.6) is 0 Å². The molecule has 0 saturated heterocycles. The quantitative estimate of drug-likeness (QED) is 0.855. The first-order chi connectivity index (χ1) is 9.54. The predicted molar refractivity (Wildman–Crippen MR) is 67.4 cm³/mol. The number of carboxylic acids is 1. The van der Waals surface area contributed by atoms with Gasteiger partial charge < -0.3 is 10.4 Å². The SMILES string of the molecule is O=C(Cn1cc(C(=O)O)cn1)NCc1ccc(F)cc1. The molecule has 0 atom stereocenters. The third-order valence-electron chi connectivity index (χ3n) is 2.59. The monoisotopic (exact) mass is 277 g/mol. The van der Waals surface area contributed by atoms with Crippen LogP contribution >= 0.6 is 0 Å². The van der Waals surface area contributed by atoms with Crippen molar-refractivity contribution >= 4 is 11.9 Å². The van der Waals surface area contributed by atoms with E-state index in [0.717, 1.165) is 5.56 Å². The van der Waals surface area contributed by atoms with Gasteiger partial charge in [0.1, 0.15) is 12.4 Å². The second-order valence-corrected chi connectivity index (χ2v) is 4.13. The Morgan fingerprint density at radius 2 is 2.00 bits per heavy atom. The van der Waals surface area contributed by atoms with Crippen molar-refractivity contribution in [3.8, 4) is 0 Å². The lowest BCUT2D eigenvalue weighted by atomic mass is 10.2.